The van der Waals surface area contributed by atoms with E-state index in [1.54, 1.807) is 0 Å². The number of ether oxygens (including phenoxy) is 1. The number of rotatable bonds is 2. The second-order valence-electron chi connectivity index (χ2n) is 7.74. The molecule has 0 saturated heterocycles. The summed E-state index contributed by atoms with van der Waals surface area (Å²) in [5.41, 5.74) is 4.32. The predicted molar refractivity (Wildman–Crippen MR) is 121 cm³/mol. The number of halogens is 1. The van der Waals surface area contributed by atoms with Crippen molar-refractivity contribution in [2.75, 3.05) is 0 Å². The molecular formula is C26H19ClN2O. The van der Waals surface area contributed by atoms with Crippen LogP contribution in [0.25, 0.3) is 10.8 Å². The van der Waals surface area contributed by atoms with Crippen molar-refractivity contribution in [1.82, 2.24) is 5.01 Å². The fraction of sp³-hybridized carbons (Fsp3) is 0.115. The Hall–Kier alpha value is -3.30. The highest BCUT2D eigenvalue weighted by Gasteiger charge is 2.41. The van der Waals surface area contributed by atoms with E-state index in [4.69, 9.17) is 21.4 Å². The van der Waals surface area contributed by atoms with E-state index in [1.807, 2.05) is 36.4 Å². The molecule has 146 valence electrons. The summed E-state index contributed by atoms with van der Waals surface area (Å²) in [6.45, 7) is 0. The Kier molecular flexibility index (Phi) is 4.03. The first-order valence-electron chi connectivity index (χ1n) is 10.1. The lowest BCUT2D eigenvalue weighted by Gasteiger charge is -2.38. The topological polar surface area (TPSA) is 24.8 Å². The van der Waals surface area contributed by atoms with Gasteiger partial charge in [0.25, 0.3) is 0 Å². The predicted octanol–water partition coefficient (Wildman–Crippen LogP) is 6.74. The van der Waals surface area contributed by atoms with Gasteiger partial charge in [-0.25, -0.2) is 5.01 Å². The summed E-state index contributed by atoms with van der Waals surface area (Å²) in [6, 6.07) is 31.2. The molecule has 0 radical (unpaired) electrons. The summed E-state index contributed by atoms with van der Waals surface area (Å²) in [5, 5.41) is 10.3. The van der Waals surface area contributed by atoms with Gasteiger partial charge < -0.3 is 4.74 Å². The van der Waals surface area contributed by atoms with Crippen LogP contribution in [0.15, 0.2) is 96.1 Å². The van der Waals surface area contributed by atoms with E-state index in [-0.39, 0.29) is 12.3 Å². The maximum Gasteiger partial charge on any atom is 0.215 e. The lowest BCUT2D eigenvalue weighted by molar-refractivity contribution is -0.0189. The molecule has 2 aliphatic heterocycles. The molecule has 3 nitrogen and oxygen atoms in total. The zero-order chi connectivity index (χ0) is 20.1. The molecule has 0 aromatic heterocycles. The molecule has 2 atom stereocenters. The molecule has 0 saturated carbocycles. The highest BCUT2D eigenvalue weighted by molar-refractivity contribution is 6.31. The Labute approximate surface area is 180 Å². The highest BCUT2D eigenvalue weighted by atomic mass is 35.5. The van der Waals surface area contributed by atoms with Gasteiger partial charge in [-0.1, -0.05) is 84.4 Å². The van der Waals surface area contributed by atoms with Crippen molar-refractivity contribution in [3.8, 4) is 5.75 Å². The number of hydrogen-bond acceptors (Lipinski definition) is 3. The molecule has 0 spiro atoms. The first-order valence-corrected chi connectivity index (χ1v) is 10.5. The monoisotopic (exact) mass is 410 g/mol. The van der Waals surface area contributed by atoms with E-state index in [0.29, 0.717) is 5.02 Å². The number of hydrazone groups is 1. The van der Waals surface area contributed by atoms with Crippen molar-refractivity contribution in [3.63, 3.8) is 0 Å². The summed E-state index contributed by atoms with van der Waals surface area (Å²) in [4.78, 5) is 0. The molecule has 4 aromatic carbocycles. The number of nitrogens with zero attached hydrogens (tertiary/aromatic N) is 2. The molecular weight excluding hydrogens is 392 g/mol. The fourth-order valence-electron chi connectivity index (χ4n) is 4.46. The summed E-state index contributed by atoms with van der Waals surface area (Å²) in [5.74, 6) is 0.902. The molecule has 4 heteroatoms. The minimum Gasteiger partial charge on any atom is -0.464 e. The van der Waals surface area contributed by atoms with Gasteiger partial charge in [0.05, 0.1) is 11.8 Å². The molecule has 0 fully saturated rings. The van der Waals surface area contributed by atoms with Crippen molar-refractivity contribution in [2.24, 2.45) is 5.10 Å². The molecule has 6 rings (SSSR count). The van der Waals surface area contributed by atoms with Gasteiger partial charge in [-0.3, -0.25) is 0 Å². The second kappa shape index (κ2) is 6.89. The third-order valence-corrected chi connectivity index (χ3v) is 6.30. The fourth-order valence-corrected chi connectivity index (χ4v) is 4.69. The van der Waals surface area contributed by atoms with E-state index >= 15 is 0 Å². The Morgan fingerprint density at radius 3 is 2.40 bits per heavy atom. The van der Waals surface area contributed by atoms with Crippen molar-refractivity contribution < 1.29 is 4.74 Å². The van der Waals surface area contributed by atoms with Crippen LogP contribution in [0, 0.1) is 0 Å². The van der Waals surface area contributed by atoms with Gasteiger partial charge in [0.15, 0.2) is 0 Å². The lowest BCUT2D eigenvalue weighted by Crippen LogP contribution is -2.33. The number of hydrogen-bond donors (Lipinski definition) is 0. The van der Waals surface area contributed by atoms with E-state index in [9.17, 15) is 0 Å². The summed E-state index contributed by atoms with van der Waals surface area (Å²) < 4.78 is 6.40. The number of benzene rings is 4. The normalized spacial score (nSPS) is 19.8. The zero-order valence-electron chi connectivity index (χ0n) is 16.2. The molecule has 2 aliphatic rings. The van der Waals surface area contributed by atoms with Gasteiger partial charge in [-0.2, -0.15) is 5.10 Å². The minimum absolute atomic E-state index is 0.123. The molecule has 0 amide bonds. The summed E-state index contributed by atoms with van der Waals surface area (Å²) in [6.07, 6.45) is 0.483. The second-order valence-corrected chi connectivity index (χ2v) is 8.15. The SMILES string of the molecule is Clc1ccccc1[C@H]1Oc2ccccc2[C@H]2CC(c3ccc4ccccc4c3)=NN21. The quantitative estimate of drug-likeness (QED) is 0.365. The maximum absolute atomic E-state index is 6.54. The average molecular weight is 411 g/mol. The Morgan fingerprint density at radius 2 is 1.53 bits per heavy atom. The summed E-state index contributed by atoms with van der Waals surface area (Å²) in [7, 11) is 0. The molecule has 0 unspecified atom stereocenters. The largest absolute Gasteiger partial charge is 0.464 e. The molecule has 4 aromatic rings. The van der Waals surface area contributed by atoms with Crippen molar-refractivity contribution in [2.45, 2.75) is 18.7 Å². The van der Waals surface area contributed by atoms with Gasteiger partial charge in [0.2, 0.25) is 6.23 Å². The lowest BCUT2D eigenvalue weighted by atomic mass is 9.95. The van der Waals surface area contributed by atoms with Crippen LogP contribution in [-0.4, -0.2) is 10.7 Å². The molecule has 0 aliphatic carbocycles. The van der Waals surface area contributed by atoms with Crippen LogP contribution in [-0.2, 0) is 0 Å². The van der Waals surface area contributed by atoms with E-state index < -0.39 is 0 Å². The third-order valence-electron chi connectivity index (χ3n) is 5.95. The van der Waals surface area contributed by atoms with Gasteiger partial charge in [0.1, 0.15) is 5.75 Å². The van der Waals surface area contributed by atoms with Crippen molar-refractivity contribution >= 4 is 28.1 Å². The van der Waals surface area contributed by atoms with E-state index in [2.05, 4.69) is 59.6 Å². The van der Waals surface area contributed by atoms with Crippen LogP contribution in [0.2, 0.25) is 5.02 Å². The van der Waals surface area contributed by atoms with Crippen LogP contribution >= 0.6 is 11.6 Å². The van der Waals surface area contributed by atoms with Gasteiger partial charge in [0, 0.05) is 22.6 Å². The molecule has 0 N–H and O–H groups in total. The van der Waals surface area contributed by atoms with Gasteiger partial charge >= 0.3 is 0 Å². The Bertz CT molecular complexity index is 1300. The third kappa shape index (κ3) is 2.78. The number of fused-ring (bicyclic) bond motifs is 4. The average Bonchev–Trinajstić information content (AvgIpc) is 3.24. The smallest absolute Gasteiger partial charge is 0.215 e. The maximum atomic E-state index is 6.54. The first-order chi connectivity index (χ1) is 14.8. The van der Waals surface area contributed by atoms with Crippen LogP contribution in [0.5, 0.6) is 5.75 Å². The highest BCUT2D eigenvalue weighted by Crippen LogP contribution is 2.48. The minimum atomic E-state index is -0.350. The van der Waals surface area contributed by atoms with Crippen molar-refractivity contribution in [3.05, 3.63) is 113 Å². The van der Waals surface area contributed by atoms with Gasteiger partial charge in [-0.15, -0.1) is 0 Å². The molecule has 0 bridgehead atoms. The van der Waals surface area contributed by atoms with Crippen LogP contribution in [0.4, 0.5) is 0 Å². The molecule has 2 heterocycles. The van der Waals surface area contributed by atoms with Crippen molar-refractivity contribution in [1.29, 1.82) is 0 Å². The molecule has 30 heavy (non-hydrogen) atoms. The first kappa shape index (κ1) is 17.5. The Balaban J connectivity index is 1.47. The van der Waals surface area contributed by atoms with Crippen LogP contribution in [0.1, 0.15) is 35.4 Å². The zero-order valence-corrected chi connectivity index (χ0v) is 17.0. The summed E-state index contributed by atoms with van der Waals surface area (Å²) >= 11 is 6.54. The van der Waals surface area contributed by atoms with Gasteiger partial charge in [-0.05, 0) is 34.5 Å². The number of para-hydroxylation sites is 1. The van der Waals surface area contributed by atoms with E-state index in [1.165, 1.54) is 16.3 Å². The van der Waals surface area contributed by atoms with Crippen LogP contribution in [0.3, 0.4) is 0 Å². The van der Waals surface area contributed by atoms with E-state index in [0.717, 1.165) is 29.0 Å². The standard InChI is InChI=1S/C26H19ClN2O/c27-22-11-5-3-9-20(22)26-29-24(21-10-4-6-12-25(21)30-26)16-23(28-29)19-14-13-17-7-1-2-8-18(17)15-19/h1-15,24,26H,16H2/t24-,26-/m1/s1. The van der Waals surface area contributed by atoms with Crippen LogP contribution < -0.4 is 4.74 Å². The Morgan fingerprint density at radius 1 is 0.800 bits per heavy atom.